The Balaban J connectivity index is 1.96. The number of ketones is 1. The molecule has 4 rings (SSSR count). The molecule has 0 spiro atoms. The zero-order valence-electron chi connectivity index (χ0n) is 18.8. The molecule has 3 aromatic carbocycles. The summed E-state index contributed by atoms with van der Waals surface area (Å²) in [6.45, 7) is 0. The lowest BCUT2D eigenvalue weighted by atomic mass is 9.81. The van der Waals surface area contributed by atoms with Crippen LogP contribution in [0.25, 0.3) is 0 Å². The molecule has 0 saturated heterocycles. The molecule has 2 atom stereocenters. The zero-order valence-corrected chi connectivity index (χ0v) is 18.8. The Labute approximate surface area is 187 Å². The van der Waals surface area contributed by atoms with Crippen molar-refractivity contribution in [1.29, 1.82) is 0 Å². The number of hydrogen-bond donors (Lipinski definition) is 0. The van der Waals surface area contributed by atoms with Gasteiger partial charge in [-0.1, -0.05) is 12.1 Å². The molecule has 1 aliphatic carbocycles. The summed E-state index contributed by atoms with van der Waals surface area (Å²) in [4.78, 5) is 13.8. The Hall–Kier alpha value is -3.67. The molecule has 0 saturated carbocycles. The lowest BCUT2D eigenvalue weighted by molar-refractivity contribution is 0.0968. The third-order valence-corrected chi connectivity index (χ3v) is 5.97. The molecule has 1 aliphatic rings. The van der Waals surface area contributed by atoms with Gasteiger partial charge in [-0.05, 0) is 41.5 Å². The van der Waals surface area contributed by atoms with Crippen LogP contribution in [-0.2, 0) is 0 Å². The van der Waals surface area contributed by atoms with Gasteiger partial charge in [0, 0.05) is 29.2 Å². The Bertz CT molecular complexity index is 1110. The molecular formula is C26H26O6. The van der Waals surface area contributed by atoms with Gasteiger partial charge in [0.1, 0.15) is 28.7 Å². The Morgan fingerprint density at radius 2 is 1.12 bits per heavy atom. The average molecular weight is 434 g/mol. The minimum absolute atomic E-state index is 0.00618. The van der Waals surface area contributed by atoms with Crippen molar-refractivity contribution in [3.8, 4) is 28.7 Å². The van der Waals surface area contributed by atoms with E-state index in [2.05, 4.69) is 0 Å². The molecule has 0 heterocycles. The number of Topliss-reactive ketones (excluding diaryl/α,β-unsaturated/α-hetero) is 1. The topological polar surface area (TPSA) is 63.2 Å². The maximum absolute atomic E-state index is 13.8. The van der Waals surface area contributed by atoms with Crippen LogP contribution in [0.5, 0.6) is 28.7 Å². The molecule has 0 amide bonds. The van der Waals surface area contributed by atoms with Crippen LogP contribution in [-0.4, -0.2) is 41.3 Å². The number of hydrogen-bond acceptors (Lipinski definition) is 6. The number of carbonyl (C=O) groups is 1. The standard InChI is InChI=1S/C26H26O6/c1-28-17-8-6-15(7-9-17)23-24(16-10-18(29-2)12-19(11-16)30-3)26(27)21-13-20(31-4)14-22(32-5)25(21)23/h6-14,23-24H,1-5H3. The molecule has 3 aromatic rings. The Morgan fingerprint density at radius 1 is 0.562 bits per heavy atom. The van der Waals surface area contributed by atoms with Crippen LogP contribution in [0.15, 0.2) is 54.6 Å². The first-order chi connectivity index (χ1) is 15.5. The second-order valence-electron chi connectivity index (χ2n) is 7.53. The van der Waals surface area contributed by atoms with E-state index in [1.807, 2.05) is 42.5 Å². The van der Waals surface area contributed by atoms with Crippen molar-refractivity contribution in [3.63, 3.8) is 0 Å². The summed E-state index contributed by atoms with van der Waals surface area (Å²) in [5, 5.41) is 0. The lowest BCUT2D eigenvalue weighted by Crippen LogP contribution is -2.13. The summed E-state index contributed by atoms with van der Waals surface area (Å²) in [6, 6.07) is 16.9. The van der Waals surface area contributed by atoms with Crippen molar-refractivity contribution in [2.45, 2.75) is 11.8 Å². The fourth-order valence-electron chi connectivity index (χ4n) is 4.42. The summed E-state index contributed by atoms with van der Waals surface area (Å²) < 4.78 is 27.4. The number of benzene rings is 3. The minimum Gasteiger partial charge on any atom is -0.497 e. The maximum atomic E-state index is 13.8. The van der Waals surface area contributed by atoms with Crippen molar-refractivity contribution in [2.24, 2.45) is 0 Å². The molecule has 0 N–H and O–H groups in total. The number of fused-ring (bicyclic) bond motifs is 1. The predicted octanol–water partition coefficient (Wildman–Crippen LogP) is 4.84. The first-order valence-electron chi connectivity index (χ1n) is 10.2. The smallest absolute Gasteiger partial charge is 0.171 e. The van der Waals surface area contributed by atoms with Crippen LogP contribution < -0.4 is 23.7 Å². The van der Waals surface area contributed by atoms with Gasteiger partial charge in [0.2, 0.25) is 0 Å². The molecule has 0 radical (unpaired) electrons. The van der Waals surface area contributed by atoms with Gasteiger partial charge in [-0.25, -0.2) is 0 Å². The van der Waals surface area contributed by atoms with Crippen LogP contribution >= 0.6 is 0 Å². The van der Waals surface area contributed by atoms with E-state index in [9.17, 15) is 4.79 Å². The monoisotopic (exact) mass is 434 g/mol. The highest BCUT2D eigenvalue weighted by Gasteiger charge is 2.44. The van der Waals surface area contributed by atoms with E-state index in [-0.39, 0.29) is 11.7 Å². The van der Waals surface area contributed by atoms with Crippen molar-refractivity contribution in [1.82, 2.24) is 0 Å². The van der Waals surface area contributed by atoms with Crippen LogP contribution in [0.1, 0.15) is 38.9 Å². The van der Waals surface area contributed by atoms with E-state index in [0.717, 1.165) is 22.4 Å². The predicted molar refractivity (Wildman–Crippen MR) is 121 cm³/mol. The summed E-state index contributed by atoms with van der Waals surface area (Å²) in [6.07, 6.45) is 0. The first kappa shape index (κ1) is 21.6. The summed E-state index contributed by atoms with van der Waals surface area (Å²) in [5.41, 5.74) is 3.22. The lowest BCUT2D eigenvalue weighted by Gasteiger charge is -2.23. The zero-order chi connectivity index (χ0) is 22.8. The van der Waals surface area contributed by atoms with Gasteiger partial charge in [0.25, 0.3) is 0 Å². The second kappa shape index (κ2) is 8.83. The van der Waals surface area contributed by atoms with Gasteiger partial charge in [0.05, 0.1) is 41.5 Å². The number of rotatable bonds is 7. The van der Waals surface area contributed by atoms with E-state index < -0.39 is 5.92 Å². The molecule has 6 nitrogen and oxygen atoms in total. The van der Waals surface area contributed by atoms with Gasteiger partial charge in [0.15, 0.2) is 5.78 Å². The van der Waals surface area contributed by atoms with Crippen molar-refractivity contribution in [2.75, 3.05) is 35.5 Å². The second-order valence-corrected chi connectivity index (χ2v) is 7.53. The van der Waals surface area contributed by atoms with Crippen molar-refractivity contribution in [3.05, 3.63) is 76.9 Å². The van der Waals surface area contributed by atoms with Crippen LogP contribution in [0.3, 0.4) is 0 Å². The molecule has 32 heavy (non-hydrogen) atoms. The molecular weight excluding hydrogens is 408 g/mol. The first-order valence-corrected chi connectivity index (χ1v) is 10.2. The quantitative estimate of drug-likeness (QED) is 0.530. The summed E-state index contributed by atoms with van der Waals surface area (Å²) in [5.74, 6) is 2.44. The van der Waals surface area contributed by atoms with Crippen molar-refractivity contribution < 1.29 is 28.5 Å². The maximum Gasteiger partial charge on any atom is 0.171 e. The van der Waals surface area contributed by atoms with Crippen LogP contribution in [0, 0.1) is 0 Å². The highest BCUT2D eigenvalue weighted by Crippen LogP contribution is 2.53. The van der Waals surface area contributed by atoms with Gasteiger partial charge < -0.3 is 23.7 Å². The molecule has 0 fully saturated rings. The highest BCUT2D eigenvalue weighted by atomic mass is 16.5. The van der Waals surface area contributed by atoms with E-state index in [1.165, 1.54) is 0 Å². The normalized spacial score (nSPS) is 17.0. The largest absolute Gasteiger partial charge is 0.497 e. The molecule has 2 unspecified atom stereocenters. The summed E-state index contributed by atoms with van der Waals surface area (Å²) >= 11 is 0. The van der Waals surface area contributed by atoms with Gasteiger partial charge in [-0.3, -0.25) is 4.79 Å². The molecule has 0 bridgehead atoms. The average Bonchev–Trinajstić information content (AvgIpc) is 3.15. The third-order valence-electron chi connectivity index (χ3n) is 5.97. The van der Waals surface area contributed by atoms with Crippen LogP contribution in [0.2, 0.25) is 0 Å². The fourth-order valence-corrected chi connectivity index (χ4v) is 4.42. The van der Waals surface area contributed by atoms with Crippen LogP contribution in [0.4, 0.5) is 0 Å². The van der Waals surface area contributed by atoms with Gasteiger partial charge in [-0.15, -0.1) is 0 Å². The van der Waals surface area contributed by atoms with E-state index in [4.69, 9.17) is 23.7 Å². The number of ether oxygens (including phenoxy) is 5. The van der Waals surface area contributed by atoms with Gasteiger partial charge in [-0.2, -0.15) is 0 Å². The number of methoxy groups -OCH3 is 5. The minimum atomic E-state index is -0.483. The fraction of sp³-hybridized carbons (Fsp3) is 0.269. The highest BCUT2D eigenvalue weighted by molar-refractivity contribution is 6.08. The molecule has 166 valence electrons. The van der Waals surface area contributed by atoms with E-state index in [0.29, 0.717) is 28.6 Å². The van der Waals surface area contributed by atoms with Gasteiger partial charge >= 0.3 is 0 Å². The molecule has 0 aromatic heterocycles. The third kappa shape index (κ3) is 3.62. The number of carbonyl (C=O) groups excluding carboxylic acids is 1. The van der Waals surface area contributed by atoms with Crippen molar-refractivity contribution >= 4 is 5.78 Å². The van der Waals surface area contributed by atoms with E-state index in [1.54, 1.807) is 47.7 Å². The molecule has 0 aliphatic heterocycles. The summed E-state index contributed by atoms with van der Waals surface area (Å²) in [7, 11) is 8.00. The molecule has 6 heteroatoms. The Kier molecular flexibility index (Phi) is 5.95. The Morgan fingerprint density at radius 3 is 1.66 bits per heavy atom. The van der Waals surface area contributed by atoms with E-state index >= 15 is 0 Å². The SMILES string of the molecule is COc1ccc(C2c3c(OC)cc(OC)cc3C(=O)C2c2cc(OC)cc(OC)c2)cc1.